The Morgan fingerprint density at radius 3 is 2.03 bits per heavy atom. The van der Waals surface area contributed by atoms with Crippen LogP contribution in [-0.2, 0) is 21.4 Å². The standard InChI is InChI=1S/C22H29Cl2N3O3S/c1-5-21(27(31(4,29)30)18-12-13-19(23)20(24)14-18)22(28)25-15-16-8-10-17(11-9-16)26(6-2)7-3/h8-14,21H,5-7,15H2,1-4H3,(H,25,28)/t21-/m0/s1. The van der Waals surface area contributed by atoms with Gasteiger partial charge >= 0.3 is 0 Å². The Kier molecular flexibility index (Phi) is 9.03. The molecule has 0 aliphatic heterocycles. The molecule has 0 radical (unpaired) electrons. The molecule has 6 nitrogen and oxygen atoms in total. The molecular formula is C22H29Cl2N3O3S. The van der Waals surface area contributed by atoms with Crippen LogP contribution in [0.3, 0.4) is 0 Å². The minimum absolute atomic E-state index is 0.219. The van der Waals surface area contributed by atoms with Crippen LogP contribution in [0.1, 0.15) is 32.8 Å². The van der Waals surface area contributed by atoms with E-state index in [0.29, 0.717) is 23.7 Å². The fourth-order valence-electron chi connectivity index (χ4n) is 3.40. The molecule has 2 aromatic rings. The highest BCUT2D eigenvalue weighted by Crippen LogP contribution is 2.30. The number of rotatable bonds is 10. The Bertz CT molecular complexity index is 994. The summed E-state index contributed by atoms with van der Waals surface area (Å²) in [6.07, 6.45) is 1.36. The van der Waals surface area contributed by atoms with Gasteiger partial charge in [-0.05, 0) is 56.2 Å². The number of carbonyl (C=O) groups excluding carboxylic acids is 1. The molecule has 1 N–H and O–H groups in total. The first-order chi connectivity index (χ1) is 14.6. The molecule has 31 heavy (non-hydrogen) atoms. The Hall–Kier alpha value is -1.96. The molecule has 0 spiro atoms. The van der Waals surface area contributed by atoms with E-state index in [9.17, 15) is 13.2 Å². The van der Waals surface area contributed by atoms with E-state index >= 15 is 0 Å². The van der Waals surface area contributed by atoms with Crippen LogP contribution in [0.4, 0.5) is 11.4 Å². The first-order valence-electron chi connectivity index (χ1n) is 10.2. The first-order valence-corrected chi connectivity index (χ1v) is 12.8. The molecule has 0 saturated carbocycles. The minimum Gasteiger partial charge on any atom is -0.372 e. The van der Waals surface area contributed by atoms with E-state index in [1.807, 2.05) is 24.3 Å². The number of nitrogens with one attached hydrogen (secondary N) is 1. The summed E-state index contributed by atoms with van der Waals surface area (Å²) in [7, 11) is -3.74. The van der Waals surface area contributed by atoms with Crippen molar-refractivity contribution in [3.63, 3.8) is 0 Å². The summed E-state index contributed by atoms with van der Waals surface area (Å²) in [4.78, 5) is 15.2. The van der Waals surface area contributed by atoms with Gasteiger partial charge in [0.05, 0.1) is 22.0 Å². The number of hydrogen-bond donors (Lipinski definition) is 1. The molecule has 0 bridgehead atoms. The second kappa shape index (κ2) is 11.1. The number of carbonyl (C=O) groups is 1. The number of halogens is 2. The molecule has 170 valence electrons. The van der Waals surface area contributed by atoms with Crippen LogP contribution >= 0.6 is 23.2 Å². The minimum atomic E-state index is -3.74. The Labute approximate surface area is 195 Å². The van der Waals surface area contributed by atoms with Gasteiger partial charge < -0.3 is 10.2 Å². The lowest BCUT2D eigenvalue weighted by molar-refractivity contribution is -0.122. The zero-order valence-corrected chi connectivity index (χ0v) is 20.6. The van der Waals surface area contributed by atoms with Crippen LogP contribution in [0.2, 0.25) is 10.0 Å². The molecular weight excluding hydrogens is 457 g/mol. The number of hydrogen-bond acceptors (Lipinski definition) is 4. The normalized spacial score (nSPS) is 12.3. The maximum Gasteiger partial charge on any atom is 0.244 e. The van der Waals surface area contributed by atoms with E-state index in [4.69, 9.17) is 23.2 Å². The second-order valence-corrected chi connectivity index (χ2v) is 9.81. The van der Waals surface area contributed by atoms with Gasteiger partial charge in [-0.15, -0.1) is 0 Å². The van der Waals surface area contributed by atoms with Gasteiger partial charge in [0, 0.05) is 25.3 Å². The molecule has 0 saturated heterocycles. The summed E-state index contributed by atoms with van der Waals surface area (Å²) in [5.41, 5.74) is 2.34. The van der Waals surface area contributed by atoms with Crippen molar-refractivity contribution in [1.82, 2.24) is 5.32 Å². The van der Waals surface area contributed by atoms with Crippen LogP contribution in [0.15, 0.2) is 42.5 Å². The molecule has 0 fully saturated rings. The van der Waals surface area contributed by atoms with E-state index in [2.05, 4.69) is 24.1 Å². The quantitative estimate of drug-likeness (QED) is 0.529. The van der Waals surface area contributed by atoms with Crippen molar-refractivity contribution >= 4 is 50.5 Å². The molecule has 2 rings (SSSR count). The Morgan fingerprint density at radius 1 is 0.968 bits per heavy atom. The molecule has 9 heteroatoms. The Balaban J connectivity index is 2.19. The summed E-state index contributed by atoms with van der Waals surface area (Å²) in [6.45, 7) is 8.10. The maximum atomic E-state index is 12.9. The third-order valence-electron chi connectivity index (χ3n) is 5.02. The fraction of sp³-hybridized carbons (Fsp3) is 0.409. The summed E-state index contributed by atoms with van der Waals surface area (Å²) in [6, 6.07) is 11.5. The summed E-state index contributed by atoms with van der Waals surface area (Å²) < 4.78 is 26.2. The van der Waals surface area contributed by atoms with E-state index < -0.39 is 16.1 Å². The molecule has 0 unspecified atom stereocenters. The zero-order chi connectivity index (χ0) is 23.2. The van der Waals surface area contributed by atoms with E-state index in [1.165, 1.54) is 18.2 Å². The molecule has 1 amide bonds. The number of amides is 1. The maximum absolute atomic E-state index is 12.9. The predicted octanol–water partition coefficient (Wildman–Crippen LogP) is 4.70. The number of anilines is 2. The summed E-state index contributed by atoms with van der Waals surface area (Å²) in [5.74, 6) is -0.383. The third-order valence-corrected chi connectivity index (χ3v) is 6.94. The number of benzene rings is 2. The first kappa shape index (κ1) is 25.3. The highest BCUT2D eigenvalue weighted by atomic mass is 35.5. The van der Waals surface area contributed by atoms with Crippen molar-refractivity contribution in [1.29, 1.82) is 0 Å². The van der Waals surface area contributed by atoms with Crippen molar-refractivity contribution in [2.24, 2.45) is 0 Å². The van der Waals surface area contributed by atoms with Crippen molar-refractivity contribution in [2.45, 2.75) is 39.8 Å². The van der Waals surface area contributed by atoms with E-state index in [-0.39, 0.29) is 10.9 Å². The van der Waals surface area contributed by atoms with E-state index in [1.54, 1.807) is 6.92 Å². The lowest BCUT2D eigenvalue weighted by atomic mass is 10.1. The summed E-state index contributed by atoms with van der Waals surface area (Å²) in [5, 5.41) is 3.39. The van der Waals surface area contributed by atoms with Gasteiger partial charge in [-0.3, -0.25) is 9.10 Å². The molecule has 1 atom stereocenters. The highest BCUT2D eigenvalue weighted by molar-refractivity contribution is 7.92. The fourth-order valence-corrected chi connectivity index (χ4v) is 4.90. The van der Waals surface area contributed by atoms with Crippen molar-refractivity contribution in [2.75, 3.05) is 28.6 Å². The molecule has 2 aromatic carbocycles. The summed E-state index contributed by atoms with van der Waals surface area (Å²) >= 11 is 12.0. The Morgan fingerprint density at radius 2 is 1.55 bits per heavy atom. The van der Waals surface area contributed by atoms with Gasteiger partial charge in [0.2, 0.25) is 15.9 Å². The van der Waals surface area contributed by atoms with Gasteiger partial charge in [-0.25, -0.2) is 8.42 Å². The smallest absolute Gasteiger partial charge is 0.244 e. The van der Waals surface area contributed by atoms with Crippen LogP contribution < -0.4 is 14.5 Å². The van der Waals surface area contributed by atoms with Crippen molar-refractivity contribution in [3.05, 3.63) is 58.1 Å². The third kappa shape index (κ3) is 6.51. The average molecular weight is 486 g/mol. The molecule has 0 aliphatic rings. The second-order valence-electron chi connectivity index (χ2n) is 7.14. The predicted molar refractivity (Wildman–Crippen MR) is 130 cm³/mol. The number of nitrogens with zero attached hydrogens (tertiary/aromatic N) is 2. The van der Waals surface area contributed by atoms with Crippen LogP contribution in [0, 0.1) is 0 Å². The van der Waals surface area contributed by atoms with Crippen molar-refractivity contribution < 1.29 is 13.2 Å². The van der Waals surface area contributed by atoms with Gasteiger partial charge in [0.15, 0.2) is 0 Å². The molecule has 0 heterocycles. The lowest BCUT2D eigenvalue weighted by Gasteiger charge is -2.30. The van der Waals surface area contributed by atoms with Crippen LogP contribution in [0.25, 0.3) is 0 Å². The van der Waals surface area contributed by atoms with Crippen molar-refractivity contribution in [3.8, 4) is 0 Å². The molecule has 0 aromatic heterocycles. The van der Waals surface area contributed by atoms with Gasteiger partial charge in [-0.1, -0.05) is 42.3 Å². The largest absolute Gasteiger partial charge is 0.372 e. The van der Waals surface area contributed by atoms with Gasteiger partial charge in [-0.2, -0.15) is 0 Å². The highest BCUT2D eigenvalue weighted by Gasteiger charge is 2.31. The van der Waals surface area contributed by atoms with E-state index in [0.717, 1.165) is 34.9 Å². The average Bonchev–Trinajstić information content (AvgIpc) is 2.73. The van der Waals surface area contributed by atoms with Crippen LogP contribution in [-0.4, -0.2) is 39.7 Å². The van der Waals surface area contributed by atoms with Crippen LogP contribution in [0.5, 0.6) is 0 Å². The van der Waals surface area contributed by atoms with Gasteiger partial charge in [0.25, 0.3) is 0 Å². The monoisotopic (exact) mass is 485 g/mol. The molecule has 0 aliphatic carbocycles. The van der Waals surface area contributed by atoms with Gasteiger partial charge in [0.1, 0.15) is 6.04 Å². The SMILES string of the molecule is CC[C@@H](C(=O)NCc1ccc(N(CC)CC)cc1)N(c1ccc(Cl)c(Cl)c1)S(C)(=O)=O. The lowest BCUT2D eigenvalue weighted by Crippen LogP contribution is -2.49. The zero-order valence-electron chi connectivity index (χ0n) is 18.2. The topological polar surface area (TPSA) is 69.7 Å². The number of sulfonamides is 1.